The van der Waals surface area contributed by atoms with Gasteiger partial charge in [0, 0.05) is 12.6 Å². The van der Waals surface area contributed by atoms with Crippen LogP contribution in [0.15, 0.2) is 24.3 Å². The average Bonchev–Trinajstić information content (AvgIpc) is 2.74. The van der Waals surface area contributed by atoms with E-state index in [-0.39, 0.29) is 5.91 Å². The largest absolute Gasteiger partial charge is 0.491 e. The standard InChI is InChI=1S/C17H26N2O2/c1-2-14-8-4-3-7-12-19(14)17(20)11-13-21-16-10-6-5-9-15(16)18/h5-6,9-10,14H,2-4,7-8,11-13,18H2,1H3. The van der Waals surface area contributed by atoms with Crippen LogP contribution >= 0.6 is 0 Å². The van der Waals surface area contributed by atoms with E-state index in [0.29, 0.717) is 30.5 Å². The molecule has 1 aliphatic heterocycles. The number of amides is 1. The van der Waals surface area contributed by atoms with E-state index in [2.05, 4.69) is 11.8 Å². The predicted octanol–water partition coefficient (Wildman–Crippen LogP) is 3.22. The molecular weight excluding hydrogens is 264 g/mol. The van der Waals surface area contributed by atoms with Gasteiger partial charge in [0.2, 0.25) is 5.91 Å². The van der Waals surface area contributed by atoms with Crippen molar-refractivity contribution in [3.8, 4) is 5.75 Å². The van der Waals surface area contributed by atoms with Crippen LogP contribution in [0.5, 0.6) is 5.75 Å². The highest BCUT2D eigenvalue weighted by Crippen LogP contribution is 2.22. The van der Waals surface area contributed by atoms with Crippen molar-refractivity contribution in [2.75, 3.05) is 18.9 Å². The summed E-state index contributed by atoms with van der Waals surface area (Å²) in [5, 5.41) is 0. The van der Waals surface area contributed by atoms with Crippen LogP contribution in [0, 0.1) is 0 Å². The molecule has 1 aromatic rings. The van der Waals surface area contributed by atoms with E-state index >= 15 is 0 Å². The first kappa shape index (κ1) is 15.7. The monoisotopic (exact) mass is 290 g/mol. The molecule has 0 aliphatic carbocycles. The lowest BCUT2D eigenvalue weighted by molar-refractivity contribution is -0.134. The smallest absolute Gasteiger partial charge is 0.226 e. The molecule has 4 heteroatoms. The maximum absolute atomic E-state index is 12.4. The Balaban J connectivity index is 1.84. The van der Waals surface area contributed by atoms with E-state index in [4.69, 9.17) is 10.5 Å². The van der Waals surface area contributed by atoms with Gasteiger partial charge in [-0.3, -0.25) is 4.79 Å². The highest BCUT2D eigenvalue weighted by molar-refractivity contribution is 5.76. The molecule has 4 nitrogen and oxygen atoms in total. The average molecular weight is 290 g/mol. The number of anilines is 1. The lowest BCUT2D eigenvalue weighted by Gasteiger charge is -2.29. The SMILES string of the molecule is CCC1CCCCCN1C(=O)CCOc1ccccc1N. The molecule has 0 radical (unpaired) electrons. The Bertz CT molecular complexity index is 462. The van der Waals surface area contributed by atoms with Crippen molar-refractivity contribution < 1.29 is 9.53 Å². The summed E-state index contributed by atoms with van der Waals surface area (Å²) in [5.41, 5.74) is 6.44. The van der Waals surface area contributed by atoms with Gasteiger partial charge in [-0.25, -0.2) is 0 Å². The second-order valence-corrected chi connectivity index (χ2v) is 5.63. The molecule has 1 amide bonds. The summed E-state index contributed by atoms with van der Waals surface area (Å²) in [5.74, 6) is 0.867. The molecule has 1 heterocycles. The molecule has 0 aromatic heterocycles. The molecule has 1 aromatic carbocycles. The van der Waals surface area contributed by atoms with E-state index < -0.39 is 0 Å². The van der Waals surface area contributed by atoms with Crippen LogP contribution in [0.2, 0.25) is 0 Å². The molecule has 2 N–H and O–H groups in total. The maximum Gasteiger partial charge on any atom is 0.226 e. The van der Waals surface area contributed by atoms with Gasteiger partial charge < -0.3 is 15.4 Å². The van der Waals surface area contributed by atoms with Gasteiger partial charge in [0.1, 0.15) is 5.75 Å². The molecule has 0 bridgehead atoms. The Morgan fingerprint density at radius 1 is 1.33 bits per heavy atom. The van der Waals surface area contributed by atoms with E-state index in [1.807, 2.05) is 18.2 Å². The summed E-state index contributed by atoms with van der Waals surface area (Å²) in [6.07, 6.45) is 6.18. The number of nitrogens with zero attached hydrogens (tertiary/aromatic N) is 1. The summed E-state index contributed by atoms with van der Waals surface area (Å²) < 4.78 is 5.63. The number of nitrogen functional groups attached to an aromatic ring is 1. The topological polar surface area (TPSA) is 55.6 Å². The molecular formula is C17H26N2O2. The van der Waals surface area contributed by atoms with Crippen LogP contribution < -0.4 is 10.5 Å². The lowest BCUT2D eigenvalue weighted by Crippen LogP contribution is -2.40. The zero-order chi connectivity index (χ0) is 15.1. The van der Waals surface area contributed by atoms with Gasteiger partial charge in [0.15, 0.2) is 0 Å². The van der Waals surface area contributed by atoms with E-state index in [1.54, 1.807) is 6.07 Å². The Morgan fingerprint density at radius 2 is 2.14 bits per heavy atom. The number of benzene rings is 1. The first-order chi connectivity index (χ1) is 10.2. The Hall–Kier alpha value is -1.71. The molecule has 0 saturated carbocycles. The van der Waals surface area contributed by atoms with Gasteiger partial charge in [-0.05, 0) is 31.4 Å². The maximum atomic E-state index is 12.4. The Morgan fingerprint density at radius 3 is 2.90 bits per heavy atom. The summed E-state index contributed by atoms with van der Waals surface area (Å²) in [4.78, 5) is 14.5. The lowest BCUT2D eigenvalue weighted by atomic mass is 10.1. The fourth-order valence-electron chi connectivity index (χ4n) is 2.93. The Kier molecular flexibility index (Phi) is 5.90. The predicted molar refractivity (Wildman–Crippen MR) is 85.2 cm³/mol. The van der Waals surface area contributed by atoms with Crippen molar-refractivity contribution >= 4 is 11.6 Å². The quantitative estimate of drug-likeness (QED) is 0.847. The molecule has 21 heavy (non-hydrogen) atoms. The van der Waals surface area contributed by atoms with Gasteiger partial charge in [-0.1, -0.05) is 31.9 Å². The molecule has 1 saturated heterocycles. The first-order valence-corrected chi connectivity index (χ1v) is 7.99. The van der Waals surface area contributed by atoms with Gasteiger partial charge in [-0.15, -0.1) is 0 Å². The minimum atomic E-state index is 0.207. The number of nitrogens with two attached hydrogens (primary N) is 1. The molecule has 2 rings (SSSR count). The third-order valence-electron chi connectivity index (χ3n) is 4.16. The highest BCUT2D eigenvalue weighted by Gasteiger charge is 2.23. The molecule has 1 atom stereocenters. The third kappa shape index (κ3) is 4.38. The van der Waals surface area contributed by atoms with Crippen LogP contribution in [-0.4, -0.2) is 30.0 Å². The fraction of sp³-hybridized carbons (Fsp3) is 0.588. The number of para-hydroxylation sites is 2. The van der Waals surface area contributed by atoms with E-state index in [1.165, 1.54) is 12.8 Å². The van der Waals surface area contributed by atoms with Gasteiger partial charge >= 0.3 is 0 Å². The van der Waals surface area contributed by atoms with Crippen LogP contribution in [0.1, 0.15) is 45.4 Å². The fourth-order valence-corrected chi connectivity index (χ4v) is 2.93. The first-order valence-electron chi connectivity index (χ1n) is 7.99. The summed E-state index contributed by atoms with van der Waals surface area (Å²) in [7, 11) is 0. The zero-order valence-electron chi connectivity index (χ0n) is 12.9. The normalized spacial score (nSPS) is 19.1. The molecule has 1 fully saturated rings. The molecule has 1 unspecified atom stereocenters. The van der Waals surface area contributed by atoms with Crippen molar-refractivity contribution in [1.82, 2.24) is 4.90 Å². The van der Waals surface area contributed by atoms with Crippen molar-refractivity contribution in [2.45, 2.75) is 51.5 Å². The summed E-state index contributed by atoms with van der Waals surface area (Å²) in [6, 6.07) is 7.80. The van der Waals surface area contributed by atoms with Crippen molar-refractivity contribution in [2.24, 2.45) is 0 Å². The van der Waals surface area contributed by atoms with Crippen LogP contribution in [-0.2, 0) is 4.79 Å². The minimum Gasteiger partial charge on any atom is -0.491 e. The number of hydrogen-bond donors (Lipinski definition) is 1. The number of likely N-dealkylation sites (tertiary alicyclic amines) is 1. The van der Waals surface area contributed by atoms with Gasteiger partial charge in [-0.2, -0.15) is 0 Å². The number of hydrogen-bond acceptors (Lipinski definition) is 3. The van der Waals surface area contributed by atoms with Gasteiger partial charge in [0.25, 0.3) is 0 Å². The molecule has 0 spiro atoms. The highest BCUT2D eigenvalue weighted by atomic mass is 16.5. The Labute approximate surface area is 127 Å². The van der Waals surface area contributed by atoms with Crippen LogP contribution in [0.4, 0.5) is 5.69 Å². The molecule has 1 aliphatic rings. The number of rotatable bonds is 5. The number of carbonyl (C=O) groups is 1. The summed E-state index contributed by atoms with van der Waals surface area (Å²) >= 11 is 0. The van der Waals surface area contributed by atoms with Crippen molar-refractivity contribution in [1.29, 1.82) is 0 Å². The zero-order valence-corrected chi connectivity index (χ0v) is 12.9. The number of ether oxygens (including phenoxy) is 1. The second kappa shape index (κ2) is 7.91. The van der Waals surface area contributed by atoms with Crippen molar-refractivity contribution in [3.63, 3.8) is 0 Å². The van der Waals surface area contributed by atoms with Crippen molar-refractivity contribution in [3.05, 3.63) is 24.3 Å². The van der Waals surface area contributed by atoms with Crippen LogP contribution in [0.3, 0.4) is 0 Å². The van der Waals surface area contributed by atoms with Crippen LogP contribution in [0.25, 0.3) is 0 Å². The second-order valence-electron chi connectivity index (χ2n) is 5.63. The van der Waals surface area contributed by atoms with E-state index in [0.717, 1.165) is 25.8 Å². The number of carbonyl (C=O) groups excluding carboxylic acids is 1. The summed E-state index contributed by atoms with van der Waals surface area (Å²) in [6.45, 7) is 3.45. The minimum absolute atomic E-state index is 0.207. The van der Waals surface area contributed by atoms with E-state index in [9.17, 15) is 4.79 Å². The third-order valence-corrected chi connectivity index (χ3v) is 4.16. The molecule has 116 valence electrons. The van der Waals surface area contributed by atoms with Gasteiger partial charge in [0.05, 0.1) is 18.7 Å².